The predicted octanol–water partition coefficient (Wildman–Crippen LogP) is 1.85. The Morgan fingerprint density at radius 3 is 2.25 bits per heavy atom. The molecule has 0 aromatic heterocycles. The van der Waals surface area contributed by atoms with E-state index in [9.17, 15) is 8.42 Å². The Hall–Kier alpha value is -1.61. The fourth-order valence-electron chi connectivity index (χ4n) is 1.56. The third-order valence-corrected chi connectivity index (χ3v) is 5.41. The number of rotatable bonds is 6. The number of hydrogen-bond acceptors (Lipinski definition) is 5. The quantitative estimate of drug-likeness (QED) is 0.781. The van der Waals surface area contributed by atoms with Crippen molar-refractivity contribution in [2.24, 2.45) is 0 Å². The van der Waals surface area contributed by atoms with Crippen molar-refractivity contribution >= 4 is 31.6 Å². The number of sulfonamides is 1. The molecular formula is C12H13BrN4O2S. The van der Waals surface area contributed by atoms with Crippen LogP contribution in [-0.4, -0.2) is 25.8 Å². The van der Waals surface area contributed by atoms with Crippen LogP contribution in [0, 0.1) is 22.7 Å². The van der Waals surface area contributed by atoms with Gasteiger partial charge in [-0.2, -0.15) is 14.8 Å². The van der Waals surface area contributed by atoms with Crippen molar-refractivity contribution < 1.29 is 8.42 Å². The first-order valence-electron chi connectivity index (χ1n) is 5.72. The van der Waals surface area contributed by atoms with Crippen molar-refractivity contribution in [1.29, 1.82) is 10.5 Å². The van der Waals surface area contributed by atoms with Crippen LogP contribution in [0.5, 0.6) is 0 Å². The molecule has 0 aliphatic rings. The smallest absolute Gasteiger partial charge is 0.244 e. The monoisotopic (exact) mass is 356 g/mol. The van der Waals surface area contributed by atoms with Gasteiger partial charge in [0.05, 0.1) is 17.0 Å². The molecule has 1 aromatic rings. The lowest BCUT2D eigenvalue weighted by Crippen LogP contribution is -2.33. The minimum absolute atomic E-state index is 0.0355. The molecule has 20 heavy (non-hydrogen) atoms. The number of benzene rings is 1. The number of anilines is 1. The van der Waals surface area contributed by atoms with Gasteiger partial charge in [0.2, 0.25) is 10.0 Å². The predicted molar refractivity (Wildman–Crippen MR) is 77.8 cm³/mol. The van der Waals surface area contributed by atoms with E-state index in [1.165, 1.54) is 6.07 Å². The lowest BCUT2D eigenvalue weighted by atomic mass is 10.3. The summed E-state index contributed by atoms with van der Waals surface area (Å²) in [6.07, 6.45) is 0.120. The Morgan fingerprint density at radius 1 is 1.20 bits per heavy atom. The first-order chi connectivity index (χ1) is 9.43. The highest BCUT2D eigenvalue weighted by Gasteiger charge is 2.26. The summed E-state index contributed by atoms with van der Waals surface area (Å²) in [7, 11) is -3.79. The van der Waals surface area contributed by atoms with Crippen LogP contribution < -0.4 is 5.73 Å². The maximum atomic E-state index is 12.5. The Balaban J connectivity index is 3.18. The largest absolute Gasteiger partial charge is 0.399 e. The maximum absolute atomic E-state index is 12.5. The van der Waals surface area contributed by atoms with Crippen LogP contribution >= 0.6 is 15.9 Å². The molecule has 0 bridgehead atoms. The Morgan fingerprint density at radius 2 is 1.75 bits per heavy atom. The van der Waals surface area contributed by atoms with Gasteiger partial charge in [-0.05, 0) is 34.1 Å². The van der Waals surface area contributed by atoms with Crippen LogP contribution in [0.1, 0.15) is 12.8 Å². The number of nitrogens with zero attached hydrogens (tertiary/aromatic N) is 3. The molecule has 106 valence electrons. The van der Waals surface area contributed by atoms with Crippen molar-refractivity contribution in [3.8, 4) is 12.1 Å². The van der Waals surface area contributed by atoms with Crippen molar-refractivity contribution in [2.75, 3.05) is 18.8 Å². The van der Waals surface area contributed by atoms with Gasteiger partial charge in [-0.25, -0.2) is 8.42 Å². The highest BCUT2D eigenvalue weighted by Crippen LogP contribution is 2.27. The van der Waals surface area contributed by atoms with Crippen molar-refractivity contribution in [3.05, 3.63) is 22.7 Å². The van der Waals surface area contributed by atoms with Gasteiger partial charge in [-0.3, -0.25) is 0 Å². The summed E-state index contributed by atoms with van der Waals surface area (Å²) in [6.45, 7) is 0.0868. The number of nitrogen functional groups attached to an aromatic ring is 1. The molecule has 1 rings (SSSR count). The molecule has 1 aromatic carbocycles. The molecule has 0 atom stereocenters. The first-order valence-corrected chi connectivity index (χ1v) is 7.96. The van der Waals surface area contributed by atoms with Gasteiger partial charge in [-0.15, -0.1) is 0 Å². The molecule has 0 radical (unpaired) electrons. The molecule has 0 saturated heterocycles. The molecule has 0 unspecified atom stereocenters. The molecule has 0 aliphatic carbocycles. The maximum Gasteiger partial charge on any atom is 0.244 e. The molecule has 0 amide bonds. The second-order valence-corrected chi connectivity index (χ2v) is 6.67. The molecule has 6 nitrogen and oxygen atoms in total. The zero-order chi connectivity index (χ0) is 15.2. The molecule has 0 aliphatic heterocycles. The molecule has 8 heteroatoms. The van der Waals surface area contributed by atoms with Crippen LogP contribution in [0.3, 0.4) is 0 Å². The summed E-state index contributed by atoms with van der Waals surface area (Å²) in [5.41, 5.74) is 5.94. The van der Waals surface area contributed by atoms with Crippen LogP contribution in [0.2, 0.25) is 0 Å². The minimum Gasteiger partial charge on any atom is -0.399 e. The summed E-state index contributed by atoms with van der Waals surface area (Å²) < 4.78 is 26.6. The van der Waals surface area contributed by atoms with Gasteiger partial charge < -0.3 is 5.73 Å². The van der Waals surface area contributed by atoms with Crippen LogP contribution in [0.25, 0.3) is 0 Å². The number of nitriles is 2. The lowest BCUT2D eigenvalue weighted by molar-refractivity contribution is 0.424. The summed E-state index contributed by atoms with van der Waals surface area (Å²) in [5, 5.41) is 17.2. The van der Waals surface area contributed by atoms with Gasteiger partial charge in [0, 0.05) is 36.1 Å². The number of nitrogens with two attached hydrogens (primary N) is 1. The molecular weight excluding hydrogens is 344 g/mol. The number of hydrogen-bond donors (Lipinski definition) is 1. The third-order valence-electron chi connectivity index (χ3n) is 2.52. The van der Waals surface area contributed by atoms with Crippen LogP contribution in [0.4, 0.5) is 5.69 Å². The van der Waals surface area contributed by atoms with E-state index in [2.05, 4.69) is 15.9 Å². The summed E-state index contributed by atoms with van der Waals surface area (Å²) >= 11 is 3.18. The van der Waals surface area contributed by atoms with E-state index >= 15 is 0 Å². The second-order valence-electron chi connectivity index (χ2n) is 3.91. The van der Waals surface area contributed by atoms with Gasteiger partial charge in [0.1, 0.15) is 0 Å². The molecule has 0 heterocycles. The molecule has 0 saturated carbocycles. The number of halogens is 1. The van der Waals surface area contributed by atoms with E-state index in [0.29, 0.717) is 10.2 Å². The van der Waals surface area contributed by atoms with Crippen LogP contribution in [-0.2, 0) is 10.0 Å². The van der Waals surface area contributed by atoms with E-state index < -0.39 is 10.0 Å². The van der Waals surface area contributed by atoms with Gasteiger partial charge >= 0.3 is 0 Å². The minimum atomic E-state index is -3.79. The Kier molecular flexibility index (Phi) is 5.96. The van der Waals surface area contributed by atoms with E-state index in [0.717, 1.165) is 4.31 Å². The molecule has 0 spiro atoms. The van der Waals surface area contributed by atoms with Crippen LogP contribution in [0.15, 0.2) is 27.6 Å². The Labute approximate surface area is 126 Å². The van der Waals surface area contributed by atoms with E-state index in [4.69, 9.17) is 16.3 Å². The fourth-order valence-corrected chi connectivity index (χ4v) is 3.96. The van der Waals surface area contributed by atoms with E-state index in [-0.39, 0.29) is 30.8 Å². The normalized spacial score (nSPS) is 11.0. The first kappa shape index (κ1) is 16.4. The zero-order valence-corrected chi connectivity index (χ0v) is 13.0. The van der Waals surface area contributed by atoms with Crippen molar-refractivity contribution in [1.82, 2.24) is 4.31 Å². The van der Waals surface area contributed by atoms with E-state index in [1.807, 2.05) is 12.1 Å². The molecule has 2 N–H and O–H groups in total. The zero-order valence-electron chi connectivity index (χ0n) is 10.6. The second kappa shape index (κ2) is 7.25. The summed E-state index contributed by atoms with van der Waals surface area (Å²) in [4.78, 5) is 0.0355. The third kappa shape index (κ3) is 3.94. The summed E-state index contributed by atoms with van der Waals surface area (Å²) in [5.74, 6) is 0. The highest BCUT2D eigenvalue weighted by molar-refractivity contribution is 9.10. The fraction of sp³-hybridized carbons (Fsp3) is 0.333. The molecule has 0 fully saturated rings. The SMILES string of the molecule is N#CCCN(CCC#N)S(=O)(=O)c1cc(N)ccc1Br. The highest BCUT2D eigenvalue weighted by atomic mass is 79.9. The average Bonchev–Trinajstić information content (AvgIpc) is 2.41. The standard InChI is InChI=1S/C12H13BrN4O2S/c13-11-4-3-10(16)9-12(11)20(18,19)17(7-1-5-14)8-2-6-15/h3-4,9H,1-2,7-8,16H2. The topological polar surface area (TPSA) is 111 Å². The Bertz CT molecular complexity index is 643. The average molecular weight is 357 g/mol. The van der Waals surface area contributed by atoms with Gasteiger partial charge in [0.15, 0.2) is 0 Å². The summed E-state index contributed by atoms with van der Waals surface area (Å²) in [6, 6.07) is 8.28. The van der Waals surface area contributed by atoms with Crippen molar-refractivity contribution in [3.63, 3.8) is 0 Å². The van der Waals surface area contributed by atoms with Crippen molar-refractivity contribution in [2.45, 2.75) is 17.7 Å². The lowest BCUT2D eigenvalue weighted by Gasteiger charge is -2.20. The van der Waals surface area contributed by atoms with Gasteiger partial charge in [-0.1, -0.05) is 0 Å². The van der Waals surface area contributed by atoms with E-state index in [1.54, 1.807) is 12.1 Å². The van der Waals surface area contributed by atoms with Gasteiger partial charge in [0.25, 0.3) is 0 Å².